The van der Waals surface area contributed by atoms with Crippen molar-refractivity contribution < 1.29 is 13.7 Å². The lowest BCUT2D eigenvalue weighted by molar-refractivity contribution is -0.384. The van der Waals surface area contributed by atoms with E-state index < -0.39 is 22.2 Å². The second-order valence-electron chi connectivity index (χ2n) is 5.11. The molecule has 20 heavy (non-hydrogen) atoms. The van der Waals surface area contributed by atoms with E-state index in [-0.39, 0.29) is 11.7 Å². The first-order valence-electron chi connectivity index (χ1n) is 6.60. The van der Waals surface area contributed by atoms with Gasteiger partial charge in [-0.05, 0) is 32.7 Å². The summed E-state index contributed by atoms with van der Waals surface area (Å²) in [4.78, 5) is 10.1. The lowest BCUT2D eigenvalue weighted by Crippen LogP contribution is -2.29. The molecule has 110 valence electrons. The van der Waals surface area contributed by atoms with Crippen LogP contribution in [0.5, 0.6) is 0 Å². The van der Waals surface area contributed by atoms with Crippen molar-refractivity contribution in [3.05, 3.63) is 33.9 Å². The van der Waals surface area contributed by atoms with Gasteiger partial charge in [-0.2, -0.15) is 0 Å². The molecule has 2 unspecified atom stereocenters. The number of benzene rings is 1. The van der Waals surface area contributed by atoms with Crippen molar-refractivity contribution >= 4 is 11.4 Å². The van der Waals surface area contributed by atoms with E-state index in [2.05, 4.69) is 10.6 Å². The molecule has 0 aromatic heterocycles. The maximum absolute atomic E-state index is 13.7. The van der Waals surface area contributed by atoms with Crippen LogP contribution in [0.15, 0.2) is 12.1 Å². The van der Waals surface area contributed by atoms with Crippen molar-refractivity contribution in [2.75, 3.05) is 11.9 Å². The molecule has 7 heteroatoms. The first-order chi connectivity index (χ1) is 9.47. The standard InChI is InChI=1S/C13H17F2N3O2/c1-8(5-10-3-2-4-16-10)17-13-11(15)6-9(14)7-12(13)18(19)20/h6-8,10,16-17H,2-5H2,1H3. The minimum Gasteiger partial charge on any atom is -0.375 e. The van der Waals surface area contributed by atoms with Crippen LogP contribution in [0.3, 0.4) is 0 Å². The summed E-state index contributed by atoms with van der Waals surface area (Å²) >= 11 is 0. The summed E-state index contributed by atoms with van der Waals surface area (Å²) in [6.07, 6.45) is 2.87. The van der Waals surface area contributed by atoms with E-state index in [1.54, 1.807) is 0 Å². The van der Waals surface area contributed by atoms with Crippen LogP contribution in [-0.2, 0) is 0 Å². The predicted octanol–water partition coefficient (Wildman–Crippen LogP) is 2.82. The normalized spacial score (nSPS) is 19.9. The Balaban J connectivity index is 2.13. The molecule has 0 spiro atoms. The average Bonchev–Trinajstić information content (AvgIpc) is 2.84. The summed E-state index contributed by atoms with van der Waals surface area (Å²) in [5.74, 6) is -1.90. The predicted molar refractivity (Wildman–Crippen MR) is 71.7 cm³/mol. The highest BCUT2D eigenvalue weighted by molar-refractivity contribution is 5.62. The van der Waals surface area contributed by atoms with Crippen LogP contribution in [-0.4, -0.2) is 23.6 Å². The van der Waals surface area contributed by atoms with E-state index in [0.29, 0.717) is 12.1 Å². The zero-order valence-electron chi connectivity index (χ0n) is 11.2. The third kappa shape index (κ3) is 3.41. The Morgan fingerprint density at radius 3 is 2.90 bits per heavy atom. The summed E-state index contributed by atoms with van der Waals surface area (Å²) in [5.41, 5.74) is -0.823. The zero-order chi connectivity index (χ0) is 14.7. The molecule has 0 bridgehead atoms. The second kappa shape index (κ2) is 6.13. The molecule has 0 saturated carbocycles. The van der Waals surface area contributed by atoms with E-state index in [9.17, 15) is 18.9 Å². The molecule has 1 aromatic rings. The summed E-state index contributed by atoms with van der Waals surface area (Å²) in [5, 5.41) is 17.0. The largest absolute Gasteiger partial charge is 0.375 e. The average molecular weight is 285 g/mol. The number of hydrogen-bond donors (Lipinski definition) is 2. The van der Waals surface area contributed by atoms with Crippen molar-refractivity contribution in [2.45, 2.75) is 38.3 Å². The van der Waals surface area contributed by atoms with Gasteiger partial charge in [0, 0.05) is 18.2 Å². The molecule has 0 aliphatic carbocycles. The summed E-state index contributed by atoms with van der Waals surface area (Å²) in [6.45, 7) is 2.79. The van der Waals surface area contributed by atoms with Crippen LogP contribution < -0.4 is 10.6 Å². The molecule has 1 heterocycles. The van der Waals surface area contributed by atoms with E-state index in [1.807, 2.05) is 6.92 Å². The molecular weight excluding hydrogens is 268 g/mol. The first-order valence-corrected chi connectivity index (χ1v) is 6.60. The van der Waals surface area contributed by atoms with Gasteiger partial charge in [-0.1, -0.05) is 0 Å². The van der Waals surface area contributed by atoms with Crippen molar-refractivity contribution in [3.63, 3.8) is 0 Å². The minimum atomic E-state index is -0.954. The maximum Gasteiger partial charge on any atom is 0.298 e. The van der Waals surface area contributed by atoms with E-state index in [4.69, 9.17) is 0 Å². The third-order valence-corrected chi connectivity index (χ3v) is 3.42. The van der Waals surface area contributed by atoms with Crippen molar-refractivity contribution in [2.24, 2.45) is 0 Å². The third-order valence-electron chi connectivity index (χ3n) is 3.42. The van der Waals surface area contributed by atoms with Gasteiger partial charge in [-0.15, -0.1) is 0 Å². The number of nitrogens with zero attached hydrogens (tertiary/aromatic N) is 1. The number of nitrogens with one attached hydrogen (secondary N) is 2. The number of hydrogen-bond acceptors (Lipinski definition) is 4. The SMILES string of the molecule is CC(CC1CCCN1)Nc1c(F)cc(F)cc1[N+](=O)[O-]. The number of nitro benzene ring substituents is 1. The van der Waals surface area contributed by atoms with Gasteiger partial charge in [0.2, 0.25) is 0 Å². The van der Waals surface area contributed by atoms with Gasteiger partial charge in [0.15, 0.2) is 5.82 Å². The van der Waals surface area contributed by atoms with Crippen molar-refractivity contribution in [1.82, 2.24) is 5.32 Å². The molecular formula is C13H17F2N3O2. The fourth-order valence-electron chi connectivity index (χ4n) is 2.54. The minimum absolute atomic E-state index is 0.149. The highest BCUT2D eigenvalue weighted by Crippen LogP contribution is 2.29. The van der Waals surface area contributed by atoms with Crippen molar-refractivity contribution in [1.29, 1.82) is 0 Å². The van der Waals surface area contributed by atoms with Gasteiger partial charge in [-0.3, -0.25) is 10.1 Å². The fraction of sp³-hybridized carbons (Fsp3) is 0.538. The number of rotatable bonds is 5. The van der Waals surface area contributed by atoms with Gasteiger partial charge < -0.3 is 10.6 Å². The van der Waals surface area contributed by atoms with Gasteiger partial charge in [-0.25, -0.2) is 8.78 Å². The number of halogens is 2. The quantitative estimate of drug-likeness (QED) is 0.645. The topological polar surface area (TPSA) is 67.2 Å². The van der Waals surface area contributed by atoms with Crippen LogP contribution in [0.2, 0.25) is 0 Å². The van der Waals surface area contributed by atoms with E-state index >= 15 is 0 Å². The molecule has 2 N–H and O–H groups in total. The molecule has 0 amide bonds. The Kier molecular flexibility index (Phi) is 4.49. The summed E-state index contributed by atoms with van der Waals surface area (Å²) in [7, 11) is 0. The monoisotopic (exact) mass is 285 g/mol. The van der Waals surface area contributed by atoms with Crippen LogP contribution in [0, 0.1) is 21.7 Å². The Morgan fingerprint density at radius 1 is 1.55 bits per heavy atom. The van der Waals surface area contributed by atoms with Crippen LogP contribution in [0.25, 0.3) is 0 Å². The highest BCUT2D eigenvalue weighted by atomic mass is 19.1. The molecule has 1 aliphatic heterocycles. The highest BCUT2D eigenvalue weighted by Gasteiger charge is 2.23. The molecule has 5 nitrogen and oxygen atoms in total. The molecule has 2 atom stereocenters. The molecule has 0 radical (unpaired) electrons. The van der Waals surface area contributed by atoms with Crippen molar-refractivity contribution in [3.8, 4) is 0 Å². The zero-order valence-corrected chi connectivity index (χ0v) is 11.2. The smallest absolute Gasteiger partial charge is 0.298 e. The molecule has 1 fully saturated rings. The van der Waals surface area contributed by atoms with Gasteiger partial charge in [0.05, 0.1) is 11.0 Å². The summed E-state index contributed by atoms with van der Waals surface area (Å²) < 4.78 is 26.8. The fourth-order valence-corrected chi connectivity index (χ4v) is 2.54. The first kappa shape index (κ1) is 14.6. The number of nitro groups is 1. The molecule has 1 saturated heterocycles. The van der Waals surface area contributed by atoms with E-state index in [0.717, 1.165) is 31.9 Å². The Hall–Kier alpha value is -1.76. The van der Waals surface area contributed by atoms with Gasteiger partial charge in [0.1, 0.15) is 11.5 Å². The van der Waals surface area contributed by atoms with Gasteiger partial charge in [0.25, 0.3) is 5.69 Å². The lowest BCUT2D eigenvalue weighted by atomic mass is 10.1. The molecule has 1 aromatic carbocycles. The van der Waals surface area contributed by atoms with Crippen LogP contribution >= 0.6 is 0 Å². The maximum atomic E-state index is 13.7. The Bertz CT molecular complexity index is 505. The van der Waals surface area contributed by atoms with Gasteiger partial charge >= 0.3 is 0 Å². The van der Waals surface area contributed by atoms with Crippen LogP contribution in [0.1, 0.15) is 26.2 Å². The lowest BCUT2D eigenvalue weighted by Gasteiger charge is -2.19. The Morgan fingerprint density at radius 2 is 2.30 bits per heavy atom. The summed E-state index contributed by atoms with van der Waals surface area (Å²) in [6, 6.07) is 1.56. The second-order valence-corrected chi connectivity index (χ2v) is 5.11. The van der Waals surface area contributed by atoms with Crippen LogP contribution in [0.4, 0.5) is 20.2 Å². The van der Waals surface area contributed by atoms with E-state index in [1.165, 1.54) is 0 Å². The molecule has 2 rings (SSSR count). The number of anilines is 1. The Labute approximate surface area is 115 Å². The molecule has 1 aliphatic rings.